The predicted octanol–water partition coefficient (Wildman–Crippen LogP) is 3.88. The molecule has 0 unspecified atom stereocenters. The van der Waals surface area contributed by atoms with Crippen molar-refractivity contribution < 1.29 is 10.2 Å². The maximum Gasteiger partial charge on any atom is 0.216 e. The van der Waals surface area contributed by atoms with Crippen LogP contribution in [0.15, 0.2) is 20.1 Å². The molecule has 0 bridgehead atoms. The summed E-state index contributed by atoms with van der Waals surface area (Å²) in [5, 5.41) is 30.7. The van der Waals surface area contributed by atoms with Gasteiger partial charge < -0.3 is 10.2 Å². The molecule has 0 aliphatic rings. The molecule has 2 aromatic rings. The fourth-order valence-corrected chi connectivity index (χ4v) is 2.96. The molecular formula is C12H12Br2N4O2S. The average molecular weight is 436 g/mol. The van der Waals surface area contributed by atoms with Crippen molar-refractivity contribution in [2.45, 2.75) is 19.8 Å². The van der Waals surface area contributed by atoms with Crippen molar-refractivity contribution in [3.8, 4) is 11.5 Å². The lowest BCUT2D eigenvalue weighted by Gasteiger charge is -2.07. The summed E-state index contributed by atoms with van der Waals surface area (Å²) in [6, 6.07) is 1.55. The third kappa shape index (κ3) is 3.19. The van der Waals surface area contributed by atoms with Crippen molar-refractivity contribution in [3.63, 3.8) is 0 Å². The molecule has 0 radical (unpaired) electrons. The van der Waals surface area contributed by atoms with Gasteiger partial charge >= 0.3 is 0 Å². The number of benzene rings is 1. The molecule has 9 heteroatoms. The first-order chi connectivity index (χ1) is 9.82. The van der Waals surface area contributed by atoms with E-state index in [1.807, 2.05) is 13.8 Å². The van der Waals surface area contributed by atoms with Crippen molar-refractivity contribution in [2.24, 2.45) is 5.10 Å². The van der Waals surface area contributed by atoms with E-state index in [1.54, 1.807) is 6.07 Å². The zero-order valence-electron chi connectivity index (χ0n) is 11.1. The Kier molecular flexibility index (Phi) is 4.84. The van der Waals surface area contributed by atoms with Crippen LogP contribution >= 0.6 is 44.1 Å². The topological polar surface area (TPSA) is 86.4 Å². The van der Waals surface area contributed by atoms with Gasteiger partial charge in [-0.05, 0) is 50.1 Å². The van der Waals surface area contributed by atoms with Crippen LogP contribution < -0.4 is 0 Å². The van der Waals surface area contributed by atoms with Gasteiger partial charge in [-0.15, -0.1) is 0 Å². The number of phenolic OH excluding ortho intramolecular Hbond substituents is 2. The van der Waals surface area contributed by atoms with Crippen LogP contribution in [0, 0.1) is 4.77 Å². The minimum Gasteiger partial charge on any atom is -0.506 e. The molecule has 0 saturated heterocycles. The summed E-state index contributed by atoms with van der Waals surface area (Å²) in [5.74, 6) is 0.641. The summed E-state index contributed by atoms with van der Waals surface area (Å²) < 4.78 is 2.49. The third-order valence-electron chi connectivity index (χ3n) is 2.70. The number of hydrogen-bond acceptors (Lipinski definition) is 5. The minimum absolute atomic E-state index is 0.0764. The SMILES string of the molecule is CC(C)c1n[nH]c(=S)n1/N=C\c1cc(Br)c(O)c(Br)c1O. The lowest BCUT2D eigenvalue weighted by molar-refractivity contribution is 0.441. The second kappa shape index (κ2) is 6.29. The van der Waals surface area contributed by atoms with Crippen LogP contribution in [0.4, 0.5) is 0 Å². The quantitative estimate of drug-likeness (QED) is 0.504. The monoisotopic (exact) mass is 434 g/mol. The van der Waals surface area contributed by atoms with E-state index < -0.39 is 0 Å². The molecule has 1 heterocycles. The normalized spacial score (nSPS) is 11.7. The van der Waals surface area contributed by atoms with Crippen LogP contribution in [0.1, 0.15) is 31.2 Å². The standard InChI is InChI=1S/C12H12Br2N4O2S/c1-5(2)11-16-17-12(21)18(11)15-4-6-3-7(13)10(20)8(14)9(6)19/h3-5,19-20H,1-2H3,(H,17,21)/b15-4-. The lowest BCUT2D eigenvalue weighted by atomic mass is 10.2. The van der Waals surface area contributed by atoms with Crippen LogP contribution in [-0.2, 0) is 0 Å². The van der Waals surface area contributed by atoms with Crippen molar-refractivity contribution in [3.05, 3.63) is 31.2 Å². The van der Waals surface area contributed by atoms with Gasteiger partial charge in [-0.1, -0.05) is 13.8 Å². The third-order valence-corrected chi connectivity index (χ3v) is 4.32. The highest BCUT2D eigenvalue weighted by Crippen LogP contribution is 2.40. The van der Waals surface area contributed by atoms with E-state index in [9.17, 15) is 10.2 Å². The van der Waals surface area contributed by atoms with Crippen molar-refractivity contribution in [2.75, 3.05) is 0 Å². The average Bonchev–Trinajstić information content (AvgIpc) is 2.80. The van der Waals surface area contributed by atoms with Gasteiger partial charge in [0.15, 0.2) is 5.82 Å². The van der Waals surface area contributed by atoms with Crippen LogP contribution in [-0.4, -0.2) is 31.3 Å². The molecule has 0 fully saturated rings. The summed E-state index contributed by atoms with van der Waals surface area (Å²) >= 11 is 11.4. The van der Waals surface area contributed by atoms with Crippen molar-refractivity contribution in [1.82, 2.24) is 14.9 Å². The number of aromatic hydroxyl groups is 2. The first-order valence-corrected chi connectivity index (χ1v) is 7.94. The molecule has 0 amide bonds. The van der Waals surface area contributed by atoms with Gasteiger partial charge in [-0.2, -0.15) is 14.9 Å². The molecule has 0 spiro atoms. The Bertz CT molecular complexity index is 767. The number of H-pyrrole nitrogens is 1. The summed E-state index contributed by atoms with van der Waals surface area (Å²) in [6.45, 7) is 3.95. The Hall–Kier alpha value is -1.19. The molecule has 0 atom stereocenters. The molecule has 0 saturated carbocycles. The van der Waals surface area contributed by atoms with Crippen LogP contribution in [0.3, 0.4) is 0 Å². The van der Waals surface area contributed by atoms with E-state index in [0.29, 0.717) is 20.6 Å². The molecule has 0 aliphatic heterocycles. The van der Waals surface area contributed by atoms with E-state index in [1.165, 1.54) is 10.9 Å². The maximum atomic E-state index is 10.0. The van der Waals surface area contributed by atoms with Gasteiger partial charge in [0, 0.05) is 11.5 Å². The molecule has 112 valence electrons. The number of aromatic nitrogens is 3. The van der Waals surface area contributed by atoms with Gasteiger partial charge in [0.05, 0.1) is 10.7 Å². The van der Waals surface area contributed by atoms with Gasteiger partial charge in [-0.25, -0.2) is 0 Å². The molecule has 0 aliphatic carbocycles. The highest BCUT2D eigenvalue weighted by atomic mass is 79.9. The second-order valence-corrected chi connectivity index (χ2v) is 6.59. The molecular weight excluding hydrogens is 424 g/mol. The summed E-state index contributed by atoms with van der Waals surface area (Å²) in [4.78, 5) is 0. The highest BCUT2D eigenvalue weighted by molar-refractivity contribution is 9.11. The summed E-state index contributed by atoms with van der Waals surface area (Å²) in [7, 11) is 0. The fraction of sp³-hybridized carbons (Fsp3) is 0.250. The smallest absolute Gasteiger partial charge is 0.216 e. The van der Waals surface area contributed by atoms with E-state index in [2.05, 4.69) is 47.2 Å². The Balaban J connectivity index is 2.48. The minimum atomic E-state index is -0.111. The zero-order chi connectivity index (χ0) is 15.7. The summed E-state index contributed by atoms with van der Waals surface area (Å²) in [5.41, 5.74) is 0.421. The number of halogens is 2. The van der Waals surface area contributed by atoms with Crippen molar-refractivity contribution >= 4 is 50.3 Å². The molecule has 2 rings (SSSR count). The van der Waals surface area contributed by atoms with Crippen LogP contribution in [0.5, 0.6) is 11.5 Å². The number of hydrogen-bond donors (Lipinski definition) is 3. The largest absolute Gasteiger partial charge is 0.506 e. The van der Waals surface area contributed by atoms with Crippen molar-refractivity contribution in [1.29, 1.82) is 0 Å². The van der Waals surface area contributed by atoms with Gasteiger partial charge in [0.1, 0.15) is 16.0 Å². The first-order valence-electron chi connectivity index (χ1n) is 5.94. The van der Waals surface area contributed by atoms with E-state index >= 15 is 0 Å². The Morgan fingerprint density at radius 3 is 2.67 bits per heavy atom. The molecule has 3 N–H and O–H groups in total. The lowest BCUT2D eigenvalue weighted by Crippen LogP contribution is -2.01. The van der Waals surface area contributed by atoms with Gasteiger partial charge in [-0.3, -0.25) is 5.10 Å². The molecule has 21 heavy (non-hydrogen) atoms. The predicted molar refractivity (Wildman–Crippen MR) is 89.7 cm³/mol. The van der Waals surface area contributed by atoms with E-state index in [0.717, 1.165) is 0 Å². The molecule has 1 aromatic carbocycles. The highest BCUT2D eigenvalue weighted by Gasteiger charge is 2.13. The number of nitrogens with zero attached hydrogens (tertiary/aromatic N) is 3. The molecule has 6 nitrogen and oxygen atoms in total. The van der Waals surface area contributed by atoms with Gasteiger partial charge in [0.2, 0.25) is 4.77 Å². The Labute approximate surface area is 142 Å². The van der Waals surface area contributed by atoms with E-state index in [-0.39, 0.29) is 21.9 Å². The number of rotatable bonds is 3. The maximum absolute atomic E-state index is 10.0. The Morgan fingerprint density at radius 2 is 2.05 bits per heavy atom. The van der Waals surface area contributed by atoms with Crippen LogP contribution in [0.25, 0.3) is 0 Å². The van der Waals surface area contributed by atoms with E-state index in [4.69, 9.17) is 12.2 Å². The van der Waals surface area contributed by atoms with Gasteiger partial charge in [0.25, 0.3) is 0 Å². The zero-order valence-corrected chi connectivity index (χ0v) is 15.1. The number of nitrogens with one attached hydrogen (secondary N) is 1. The summed E-state index contributed by atoms with van der Waals surface area (Å²) in [6.07, 6.45) is 1.45. The number of phenols is 2. The number of aromatic amines is 1. The van der Waals surface area contributed by atoms with Crippen LogP contribution in [0.2, 0.25) is 0 Å². The Morgan fingerprint density at radius 1 is 1.38 bits per heavy atom. The molecule has 1 aromatic heterocycles. The fourth-order valence-electron chi connectivity index (χ4n) is 1.62. The second-order valence-electron chi connectivity index (χ2n) is 4.56. The first kappa shape index (κ1) is 16.2.